The van der Waals surface area contributed by atoms with Crippen molar-refractivity contribution in [3.05, 3.63) is 126 Å². The van der Waals surface area contributed by atoms with Gasteiger partial charge >= 0.3 is 5.97 Å². The normalized spacial score (nSPS) is 16.8. The molecule has 7 rings (SSSR count). The summed E-state index contributed by atoms with van der Waals surface area (Å²) in [6.07, 6.45) is 3.45. The molecule has 220 valence electrons. The van der Waals surface area contributed by atoms with E-state index in [4.69, 9.17) is 14.7 Å². The van der Waals surface area contributed by atoms with Crippen LogP contribution < -0.4 is 4.74 Å². The van der Waals surface area contributed by atoms with Gasteiger partial charge in [0.1, 0.15) is 18.2 Å². The molecule has 0 radical (unpaired) electrons. The monoisotopic (exact) mass is 581 g/mol. The van der Waals surface area contributed by atoms with Gasteiger partial charge in [0, 0.05) is 23.9 Å². The molecular formula is C38H35N3O3. The van der Waals surface area contributed by atoms with Gasteiger partial charge in [0.05, 0.1) is 28.2 Å². The lowest BCUT2D eigenvalue weighted by atomic mass is 9.78. The average molecular weight is 582 g/mol. The molecule has 44 heavy (non-hydrogen) atoms. The number of imidazole rings is 1. The maximum Gasteiger partial charge on any atom is 0.307 e. The Labute approximate surface area is 257 Å². The van der Waals surface area contributed by atoms with Crippen molar-refractivity contribution in [1.82, 2.24) is 14.5 Å². The zero-order valence-electron chi connectivity index (χ0n) is 24.8. The first-order valence-corrected chi connectivity index (χ1v) is 15.4. The number of benzene rings is 4. The van der Waals surface area contributed by atoms with Crippen LogP contribution in [0.15, 0.2) is 103 Å². The third-order valence-electron chi connectivity index (χ3n) is 8.89. The van der Waals surface area contributed by atoms with Gasteiger partial charge in [-0.05, 0) is 60.7 Å². The number of aromatic nitrogens is 3. The Bertz CT molecular complexity index is 1940. The molecule has 2 atom stereocenters. The molecule has 6 nitrogen and oxygen atoms in total. The third kappa shape index (κ3) is 5.68. The zero-order valence-corrected chi connectivity index (χ0v) is 24.8. The maximum atomic E-state index is 12.3. The Kier molecular flexibility index (Phi) is 7.57. The molecule has 1 unspecified atom stereocenters. The van der Waals surface area contributed by atoms with Gasteiger partial charge in [-0.25, -0.2) is 9.97 Å². The van der Waals surface area contributed by atoms with Crippen molar-refractivity contribution < 1.29 is 14.6 Å². The highest BCUT2D eigenvalue weighted by molar-refractivity contribution is 5.79. The Balaban J connectivity index is 1.20. The first-order chi connectivity index (χ1) is 21.5. The van der Waals surface area contributed by atoms with Crippen LogP contribution in [-0.4, -0.2) is 25.6 Å². The lowest BCUT2D eigenvalue weighted by Gasteiger charge is -2.28. The number of hydrogen-bond acceptors (Lipinski definition) is 4. The van der Waals surface area contributed by atoms with E-state index in [9.17, 15) is 9.90 Å². The van der Waals surface area contributed by atoms with Gasteiger partial charge in [-0.15, -0.1) is 0 Å². The van der Waals surface area contributed by atoms with E-state index in [2.05, 4.69) is 72.2 Å². The number of aryl methyl sites for hydroxylation is 1. The van der Waals surface area contributed by atoms with Crippen molar-refractivity contribution in [1.29, 1.82) is 0 Å². The van der Waals surface area contributed by atoms with Crippen LogP contribution in [0.1, 0.15) is 54.2 Å². The van der Waals surface area contributed by atoms with Crippen molar-refractivity contribution >= 4 is 27.9 Å². The number of nitrogens with zero attached hydrogens (tertiary/aromatic N) is 3. The molecule has 0 saturated heterocycles. The predicted octanol–water partition coefficient (Wildman–Crippen LogP) is 8.55. The van der Waals surface area contributed by atoms with Crippen molar-refractivity contribution in [2.24, 2.45) is 5.92 Å². The Morgan fingerprint density at radius 3 is 2.39 bits per heavy atom. The number of carbonyl (C=O) groups is 1. The fourth-order valence-corrected chi connectivity index (χ4v) is 6.48. The van der Waals surface area contributed by atoms with E-state index < -0.39 is 11.9 Å². The predicted molar refractivity (Wildman–Crippen MR) is 174 cm³/mol. The molecule has 1 saturated carbocycles. The summed E-state index contributed by atoms with van der Waals surface area (Å²) in [5.74, 6) is 0.264. The number of carboxylic acids is 1. The summed E-state index contributed by atoms with van der Waals surface area (Å²) >= 11 is 0. The van der Waals surface area contributed by atoms with Crippen LogP contribution in [0, 0.1) is 12.8 Å². The number of pyridine rings is 1. The first-order valence-electron chi connectivity index (χ1n) is 15.4. The van der Waals surface area contributed by atoms with E-state index in [0.29, 0.717) is 25.3 Å². The van der Waals surface area contributed by atoms with Crippen LogP contribution in [0.4, 0.5) is 0 Å². The van der Waals surface area contributed by atoms with E-state index in [1.165, 1.54) is 16.7 Å². The SMILES string of the molecule is Cc1ccc(-c2ccc(Cn3c(C4CCCC[C@@H]4C(=O)O)nc4cc(OCc5ccc6ccccc6n5)ccc43)cc2)cc1. The highest BCUT2D eigenvalue weighted by Crippen LogP contribution is 2.39. The summed E-state index contributed by atoms with van der Waals surface area (Å²) in [7, 11) is 0. The summed E-state index contributed by atoms with van der Waals surface area (Å²) in [6.45, 7) is 3.06. The first kappa shape index (κ1) is 27.8. The fourth-order valence-electron chi connectivity index (χ4n) is 6.48. The number of hydrogen-bond donors (Lipinski definition) is 1. The molecule has 6 aromatic rings. The number of fused-ring (bicyclic) bond motifs is 2. The van der Waals surface area contributed by atoms with E-state index in [-0.39, 0.29) is 5.92 Å². The van der Waals surface area contributed by atoms with Gasteiger partial charge in [0.25, 0.3) is 0 Å². The third-order valence-corrected chi connectivity index (χ3v) is 8.89. The largest absolute Gasteiger partial charge is 0.487 e. The van der Waals surface area contributed by atoms with E-state index in [1.54, 1.807) is 0 Å². The molecule has 6 heteroatoms. The Morgan fingerprint density at radius 1 is 0.841 bits per heavy atom. The molecule has 1 aliphatic rings. The number of rotatable bonds is 8. The van der Waals surface area contributed by atoms with Crippen molar-refractivity contribution in [2.75, 3.05) is 0 Å². The maximum absolute atomic E-state index is 12.3. The molecule has 0 bridgehead atoms. The molecule has 2 aromatic heterocycles. The van der Waals surface area contributed by atoms with Crippen LogP contribution in [0.25, 0.3) is 33.1 Å². The molecular weight excluding hydrogens is 546 g/mol. The topological polar surface area (TPSA) is 77.2 Å². The summed E-state index contributed by atoms with van der Waals surface area (Å²) < 4.78 is 8.40. The molecule has 4 aromatic carbocycles. The Morgan fingerprint density at radius 2 is 1.59 bits per heavy atom. The van der Waals surface area contributed by atoms with Gasteiger partial charge in [-0.2, -0.15) is 0 Å². The summed E-state index contributed by atoms with van der Waals surface area (Å²) in [5.41, 5.74) is 8.34. The number of ether oxygens (including phenoxy) is 1. The second-order valence-electron chi connectivity index (χ2n) is 11.9. The molecule has 1 aliphatic carbocycles. The molecule has 0 spiro atoms. The van der Waals surface area contributed by atoms with Crippen molar-refractivity contribution in [3.8, 4) is 16.9 Å². The van der Waals surface area contributed by atoms with Gasteiger partial charge in [0.2, 0.25) is 0 Å². The number of carboxylic acid groups (broad SMARTS) is 1. The number of aliphatic carboxylic acids is 1. The van der Waals surface area contributed by atoms with E-state index in [1.807, 2.05) is 42.5 Å². The minimum Gasteiger partial charge on any atom is -0.487 e. The molecule has 1 fully saturated rings. The van der Waals surface area contributed by atoms with E-state index >= 15 is 0 Å². The van der Waals surface area contributed by atoms with Crippen LogP contribution in [0.2, 0.25) is 0 Å². The van der Waals surface area contributed by atoms with Crippen LogP contribution >= 0.6 is 0 Å². The van der Waals surface area contributed by atoms with Crippen molar-refractivity contribution in [3.63, 3.8) is 0 Å². The standard InChI is InChI=1S/C38H35N3O3/c1-25-10-14-27(15-11-25)28-16-12-26(13-17-28)23-41-36-21-20-31(44-24-30-19-18-29-6-2-5-9-34(29)39-30)22-35(36)40-37(41)32-7-3-4-8-33(32)38(42)43/h2,5-6,9-22,32-33H,3-4,7-8,23-24H2,1H3,(H,42,43)/t32?,33-/m0/s1. The second-order valence-corrected chi connectivity index (χ2v) is 11.9. The second kappa shape index (κ2) is 12.0. The van der Waals surface area contributed by atoms with Gasteiger partial charge < -0.3 is 14.4 Å². The number of para-hydroxylation sites is 1. The fraction of sp³-hybridized carbons (Fsp3) is 0.237. The summed E-state index contributed by atoms with van der Waals surface area (Å²) in [6, 6.07) is 35.3. The quantitative estimate of drug-likeness (QED) is 0.195. The van der Waals surface area contributed by atoms with E-state index in [0.717, 1.165) is 58.3 Å². The minimum atomic E-state index is -0.734. The summed E-state index contributed by atoms with van der Waals surface area (Å²) in [5, 5.41) is 11.2. The smallest absolute Gasteiger partial charge is 0.307 e. The lowest BCUT2D eigenvalue weighted by molar-refractivity contribution is -0.143. The van der Waals surface area contributed by atoms with Crippen LogP contribution in [-0.2, 0) is 17.9 Å². The molecule has 0 aliphatic heterocycles. The van der Waals surface area contributed by atoms with Gasteiger partial charge in [0.15, 0.2) is 0 Å². The highest BCUT2D eigenvalue weighted by Gasteiger charge is 2.35. The molecule has 2 heterocycles. The van der Waals surface area contributed by atoms with Gasteiger partial charge in [-0.1, -0.05) is 91.2 Å². The highest BCUT2D eigenvalue weighted by atomic mass is 16.5. The molecule has 0 amide bonds. The van der Waals surface area contributed by atoms with Crippen molar-refractivity contribution in [2.45, 2.75) is 51.7 Å². The van der Waals surface area contributed by atoms with Gasteiger partial charge in [-0.3, -0.25) is 4.79 Å². The van der Waals surface area contributed by atoms with Crippen LogP contribution in [0.5, 0.6) is 5.75 Å². The average Bonchev–Trinajstić information content (AvgIpc) is 3.41. The Hall–Kier alpha value is -4.97. The van der Waals surface area contributed by atoms with Crippen LogP contribution in [0.3, 0.4) is 0 Å². The lowest BCUT2D eigenvalue weighted by Crippen LogP contribution is -2.27. The zero-order chi connectivity index (χ0) is 30.0. The molecule has 1 N–H and O–H groups in total. The minimum absolute atomic E-state index is 0.133. The summed E-state index contributed by atoms with van der Waals surface area (Å²) in [4.78, 5) is 22.1.